The Morgan fingerprint density at radius 3 is 2.29 bits per heavy atom. The zero-order valence-corrected chi connectivity index (χ0v) is 18.0. The van der Waals surface area contributed by atoms with Crippen molar-refractivity contribution in [1.82, 2.24) is 10.2 Å². The van der Waals surface area contributed by atoms with Gasteiger partial charge in [-0.25, -0.2) is 0 Å². The molecule has 0 aliphatic carbocycles. The molecular formula is C27H30N2O2. The summed E-state index contributed by atoms with van der Waals surface area (Å²) in [4.78, 5) is 15.1. The van der Waals surface area contributed by atoms with Gasteiger partial charge < -0.3 is 10.1 Å². The van der Waals surface area contributed by atoms with Gasteiger partial charge in [0.1, 0.15) is 11.5 Å². The van der Waals surface area contributed by atoms with Gasteiger partial charge in [0.05, 0.1) is 6.04 Å². The van der Waals surface area contributed by atoms with E-state index in [-0.39, 0.29) is 17.9 Å². The van der Waals surface area contributed by atoms with Crippen LogP contribution in [0.2, 0.25) is 0 Å². The van der Waals surface area contributed by atoms with E-state index in [9.17, 15) is 4.79 Å². The quantitative estimate of drug-likeness (QED) is 0.550. The van der Waals surface area contributed by atoms with E-state index in [1.165, 1.54) is 5.56 Å². The highest BCUT2D eigenvalue weighted by Gasteiger charge is 2.26. The molecule has 1 atom stereocenters. The SMILES string of the molecule is C[C@@H](NC(=O)C1CCN(Cc2cccc(Oc3ccccc3)c2)CC1)c1ccccc1. The van der Waals surface area contributed by atoms with Crippen LogP contribution in [0.25, 0.3) is 0 Å². The van der Waals surface area contributed by atoms with Crippen molar-refractivity contribution in [3.8, 4) is 11.5 Å². The standard InChI is InChI=1S/C27H30N2O2/c1-21(23-10-4-2-5-11-23)28-27(30)24-15-17-29(18-16-24)20-22-9-8-14-26(19-22)31-25-12-6-3-7-13-25/h2-14,19,21,24H,15-18,20H2,1H3,(H,28,30)/t21-/m1/s1. The molecular weight excluding hydrogens is 384 g/mol. The van der Waals surface area contributed by atoms with Crippen molar-refractivity contribution >= 4 is 5.91 Å². The second-order valence-corrected chi connectivity index (χ2v) is 8.25. The number of hydrogen-bond donors (Lipinski definition) is 1. The van der Waals surface area contributed by atoms with Gasteiger partial charge in [-0.1, -0.05) is 60.7 Å². The highest BCUT2D eigenvalue weighted by Crippen LogP contribution is 2.24. The molecule has 1 aliphatic rings. The molecule has 3 aromatic carbocycles. The van der Waals surface area contributed by atoms with Crippen molar-refractivity contribution in [2.45, 2.75) is 32.4 Å². The third kappa shape index (κ3) is 5.96. The number of ether oxygens (including phenoxy) is 1. The Kier molecular flexibility index (Phi) is 7.00. The van der Waals surface area contributed by atoms with E-state index in [1.807, 2.05) is 67.6 Å². The van der Waals surface area contributed by atoms with Crippen LogP contribution in [0.1, 0.15) is 36.9 Å². The summed E-state index contributed by atoms with van der Waals surface area (Å²) >= 11 is 0. The van der Waals surface area contributed by atoms with Crippen LogP contribution in [0, 0.1) is 5.92 Å². The highest BCUT2D eigenvalue weighted by atomic mass is 16.5. The minimum Gasteiger partial charge on any atom is -0.457 e. The molecule has 1 N–H and O–H groups in total. The lowest BCUT2D eigenvalue weighted by Crippen LogP contribution is -2.40. The summed E-state index contributed by atoms with van der Waals surface area (Å²) in [6.07, 6.45) is 1.79. The van der Waals surface area contributed by atoms with E-state index >= 15 is 0 Å². The minimum atomic E-state index is 0.0408. The topological polar surface area (TPSA) is 41.6 Å². The summed E-state index contributed by atoms with van der Waals surface area (Å²) in [5.41, 5.74) is 2.37. The van der Waals surface area contributed by atoms with Crippen molar-refractivity contribution in [1.29, 1.82) is 0 Å². The maximum absolute atomic E-state index is 12.7. The summed E-state index contributed by atoms with van der Waals surface area (Å²) in [7, 11) is 0. The highest BCUT2D eigenvalue weighted by molar-refractivity contribution is 5.79. The monoisotopic (exact) mass is 414 g/mol. The molecule has 3 aromatic rings. The lowest BCUT2D eigenvalue weighted by Gasteiger charge is -2.32. The number of para-hydroxylation sites is 1. The maximum Gasteiger partial charge on any atom is 0.223 e. The summed E-state index contributed by atoms with van der Waals surface area (Å²) in [6, 6.07) is 28.3. The Hall–Kier alpha value is -3.11. The first-order valence-corrected chi connectivity index (χ1v) is 11.1. The van der Waals surface area contributed by atoms with Crippen LogP contribution in [-0.4, -0.2) is 23.9 Å². The molecule has 4 nitrogen and oxygen atoms in total. The predicted octanol–water partition coefficient (Wildman–Crippen LogP) is 5.57. The lowest BCUT2D eigenvalue weighted by atomic mass is 9.95. The Morgan fingerprint density at radius 2 is 1.58 bits per heavy atom. The third-order valence-corrected chi connectivity index (χ3v) is 5.90. The molecule has 1 fully saturated rings. The van der Waals surface area contributed by atoms with Gasteiger partial charge in [0, 0.05) is 12.5 Å². The Morgan fingerprint density at radius 1 is 0.935 bits per heavy atom. The number of carbonyl (C=O) groups is 1. The van der Waals surface area contributed by atoms with E-state index in [4.69, 9.17) is 4.74 Å². The number of hydrogen-bond acceptors (Lipinski definition) is 3. The Labute approximate surface area is 184 Å². The molecule has 1 amide bonds. The number of rotatable bonds is 7. The second-order valence-electron chi connectivity index (χ2n) is 8.25. The minimum absolute atomic E-state index is 0.0408. The van der Waals surface area contributed by atoms with Crippen LogP contribution >= 0.6 is 0 Å². The molecule has 4 rings (SSSR count). The number of amides is 1. The number of piperidine rings is 1. The number of benzene rings is 3. The van der Waals surface area contributed by atoms with E-state index < -0.39 is 0 Å². The first-order valence-electron chi connectivity index (χ1n) is 11.1. The van der Waals surface area contributed by atoms with Gasteiger partial charge in [0.15, 0.2) is 0 Å². The van der Waals surface area contributed by atoms with E-state index in [2.05, 4.69) is 34.5 Å². The van der Waals surface area contributed by atoms with E-state index in [1.54, 1.807) is 0 Å². The zero-order chi connectivity index (χ0) is 21.5. The lowest BCUT2D eigenvalue weighted by molar-refractivity contribution is -0.127. The molecule has 0 spiro atoms. The molecule has 0 unspecified atom stereocenters. The molecule has 1 heterocycles. The summed E-state index contributed by atoms with van der Waals surface area (Å²) in [5.74, 6) is 1.97. The smallest absolute Gasteiger partial charge is 0.223 e. The average Bonchev–Trinajstić information content (AvgIpc) is 2.81. The van der Waals surface area contributed by atoms with Crippen molar-refractivity contribution < 1.29 is 9.53 Å². The molecule has 0 radical (unpaired) electrons. The van der Waals surface area contributed by atoms with Crippen LogP contribution in [-0.2, 0) is 11.3 Å². The van der Waals surface area contributed by atoms with Gasteiger partial charge in [-0.15, -0.1) is 0 Å². The molecule has 31 heavy (non-hydrogen) atoms. The molecule has 0 saturated carbocycles. The molecule has 0 bridgehead atoms. The van der Waals surface area contributed by atoms with Crippen LogP contribution in [0.15, 0.2) is 84.9 Å². The van der Waals surface area contributed by atoms with Crippen LogP contribution in [0.3, 0.4) is 0 Å². The third-order valence-electron chi connectivity index (χ3n) is 5.90. The first kappa shape index (κ1) is 21.1. The largest absolute Gasteiger partial charge is 0.457 e. The number of nitrogens with one attached hydrogen (secondary N) is 1. The number of nitrogens with zero attached hydrogens (tertiary/aromatic N) is 1. The van der Waals surface area contributed by atoms with Gasteiger partial charge in [-0.3, -0.25) is 9.69 Å². The first-order chi connectivity index (χ1) is 15.2. The molecule has 0 aromatic heterocycles. The second kappa shape index (κ2) is 10.3. The number of likely N-dealkylation sites (tertiary alicyclic amines) is 1. The van der Waals surface area contributed by atoms with Crippen molar-refractivity contribution in [2.75, 3.05) is 13.1 Å². The van der Waals surface area contributed by atoms with Crippen molar-refractivity contribution in [3.05, 3.63) is 96.1 Å². The van der Waals surface area contributed by atoms with Gasteiger partial charge in [0.25, 0.3) is 0 Å². The van der Waals surface area contributed by atoms with Gasteiger partial charge in [0.2, 0.25) is 5.91 Å². The summed E-state index contributed by atoms with van der Waals surface area (Å²) in [5, 5.41) is 3.19. The van der Waals surface area contributed by atoms with Gasteiger partial charge in [-0.05, 0) is 68.2 Å². The number of carbonyl (C=O) groups excluding carboxylic acids is 1. The normalized spacial score (nSPS) is 15.9. The van der Waals surface area contributed by atoms with Crippen LogP contribution < -0.4 is 10.1 Å². The van der Waals surface area contributed by atoms with Crippen molar-refractivity contribution in [2.24, 2.45) is 5.92 Å². The fourth-order valence-electron chi connectivity index (χ4n) is 4.10. The molecule has 160 valence electrons. The maximum atomic E-state index is 12.7. The van der Waals surface area contributed by atoms with Gasteiger partial charge in [-0.2, -0.15) is 0 Å². The predicted molar refractivity (Wildman–Crippen MR) is 124 cm³/mol. The Bertz CT molecular complexity index is 967. The fourth-order valence-corrected chi connectivity index (χ4v) is 4.10. The summed E-state index contributed by atoms with van der Waals surface area (Å²) in [6.45, 7) is 4.79. The molecule has 1 saturated heterocycles. The fraction of sp³-hybridized carbons (Fsp3) is 0.296. The Balaban J connectivity index is 1.26. The summed E-state index contributed by atoms with van der Waals surface area (Å²) < 4.78 is 5.96. The zero-order valence-electron chi connectivity index (χ0n) is 18.0. The van der Waals surface area contributed by atoms with Crippen LogP contribution in [0.4, 0.5) is 0 Å². The van der Waals surface area contributed by atoms with E-state index in [0.717, 1.165) is 49.5 Å². The van der Waals surface area contributed by atoms with Crippen LogP contribution in [0.5, 0.6) is 11.5 Å². The van der Waals surface area contributed by atoms with Gasteiger partial charge >= 0.3 is 0 Å². The van der Waals surface area contributed by atoms with Crippen molar-refractivity contribution in [3.63, 3.8) is 0 Å². The molecule has 4 heteroatoms. The van der Waals surface area contributed by atoms with E-state index in [0.29, 0.717) is 0 Å². The molecule has 1 aliphatic heterocycles. The average molecular weight is 415 g/mol.